The van der Waals surface area contributed by atoms with Crippen molar-refractivity contribution in [3.8, 4) is 11.8 Å². The summed E-state index contributed by atoms with van der Waals surface area (Å²) in [5.74, 6) is 10.2. The van der Waals surface area contributed by atoms with E-state index in [1.54, 1.807) is 313 Å². The van der Waals surface area contributed by atoms with Crippen LogP contribution < -0.4 is 0 Å². The molecule has 4 aliphatic carbocycles. The third kappa shape index (κ3) is 1.85. The lowest BCUT2D eigenvalue weighted by molar-refractivity contribution is 0.610. The summed E-state index contributed by atoms with van der Waals surface area (Å²) in [7, 11) is -1.11. The van der Waals surface area contributed by atoms with Gasteiger partial charge in [0.1, 0.15) is 0 Å². The molecule has 0 saturated carbocycles. The smallest absolute Gasteiger partial charge is 0.0950 e. The molecule has 75 heavy (non-hydrogen) atoms. The van der Waals surface area contributed by atoms with Crippen LogP contribution in [0.3, 0.4) is 0 Å². The Hall–Kier alpha value is -8.19. The van der Waals surface area contributed by atoms with Gasteiger partial charge in [0.25, 0.3) is 0 Å². The summed E-state index contributed by atoms with van der Waals surface area (Å²) in [6.07, 6.45) is 0. The first-order valence-electron chi connectivity index (χ1n) is 28.0. The minimum absolute atomic E-state index is 0.145. The van der Waals surface area contributed by atoms with Crippen molar-refractivity contribution in [3.63, 3.8) is 0 Å². The molecule has 0 radical (unpaired) electrons. The Morgan fingerprint density at radius 1 is 0.320 bits per heavy atom. The Morgan fingerprint density at radius 2 is 0.547 bits per heavy atom. The number of thioether (sulfide) groups is 1. The second-order valence-electron chi connectivity index (χ2n) is 28.0. The van der Waals surface area contributed by atoms with Crippen molar-refractivity contribution in [2.24, 2.45) is 0 Å². The van der Waals surface area contributed by atoms with Crippen LogP contribution >= 0.6 is 11.8 Å². The topological polar surface area (TPSA) is 0 Å². The monoisotopic (exact) mass is 954 g/mol. The fraction of sp³-hybridized carbons (Fsp3) is 0.0959. The maximum absolute atomic E-state index is 4.64. The lowest BCUT2D eigenvalue weighted by atomic mass is 9.57. The molecular formula is C73H18SSi. The molecule has 0 atom stereocenters. The van der Waals surface area contributed by atoms with Crippen LogP contribution in [0.5, 0.6) is 0 Å². The van der Waals surface area contributed by atoms with Crippen LogP contribution in [0.1, 0.15) is 33.7 Å². The van der Waals surface area contributed by atoms with Crippen LogP contribution in [-0.2, 0) is 5.41 Å². The fourth-order valence-corrected chi connectivity index (χ4v) is 28.1. The Kier molecular flexibility index (Phi) is 2.91. The van der Waals surface area contributed by atoms with E-state index in [0.717, 1.165) is 0 Å². The average Bonchev–Trinajstić information content (AvgIpc) is 4.30. The summed E-state index contributed by atoms with van der Waals surface area (Å²) in [4.78, 5) is 1.38. The second kappa shape index (κ2) is 7.21. The zero-order valence-corrected chi connectivity index (χ0v) is 41.5. The van der Waals surface area contributed by atoms with Gasteiger partial charge in [0.2, 0.25) is 0 Å². The van der Waals surface area contributed by atoms with E-state index >= 15 is 0 Å². The van der Waals surface area contributed by atoms with Gasteiger partial charge in [0.05, 0.1) is 5.41 Å². The molecule has 0 aliphatic heterocycles. The number of benzene rings is 19. The molecule has 0 N–H and O–H groups in total. The molecule has 0 amide bonds. The van der Waals surface area contributed by atoms with Gasteiger partial charge in [0.15, 0.2) is 0 Å². The summed E-state index contributed by atoms with van der Waals surface area (Å²) in [5, 5.41) is 88.9. The minimum Gasteiger partial charge on any atom is -0.126 e. The summed E-state index contributed by atoms with van der Waals surface area (Å²) < 4.78 is 0. The van der Waals surface area contributed by atoms with Crippen molar-refractivity contribution >= 4 is 311 Å². The van der Waals surface area contributed by atoms with Gasteiger partial charge in [-0.25, -0.2) is 0 Å². The highest BCUT2D eigenvalue weighted by molar-refractivity contribution is 7.99. The van der Waals surface area contributed by atoms with Crippen LogP contribution in [0, 0.1) is 11.8 Å². The molecule has 29 aromatic rings. The quantitative estimate of drug-likeness (QED) is 0.0733. The summed E-state index contributed by atoms with van der Waals surface area (Å²) in [6, 6.07) is 10.9. The van der Waals surface area contributed by atoms with Crippen LogP contribution in [0.2, 0.25) is 25.7 Å². The molecule has 0 saturated heterocycles. The zero-order valence-electron chi connectivity index (χ0n) is 39.7. The van der Waals surface area contributed by atoms with Crippen molar-refractivity contribution in [2.75, 3.05) is 5.75 Å². The Morgan fingerprint density at radius 3 is 0.813 bits per heavy atom. The van der Waals surface area contributed by atoms with E-state index in [-0.39, 0.29) is 5.92 Å². The molecule has 0 bridgehead atoms. The number of rotatable bonds is 4. The zero-order chi connectivity index (χ0) is 45.6. The maximum atomic E-state index is 4.64. The van der Waals surface area contributed by atoms with E-state index in [2.05, 4.69) is 55.7 Å². The van der Waals surface area contributed by atoms with Crippen LogP contribution in [0.4, 0.5) is 0 Å². The first kappa shape index (κ1) is 30.2. The van der Waals surface area contributed by atoms with Crippen LogP contribution in [0.15, 0.2) is 29.2 Å². The van der Waals surface area contributed by atoms with E-state index in [1.165, 1.54) is 22.3 Å². The fourth-order valence-electron chi connectivity index (χ4n) is 24.7. The Labute approximate surface area is 419 Å². The molecule has 4 aliphatic rings. The molecule has 0 unspecified atom stereocenters. The van der Waals surface area contributed by atoms with E-state index in [4.69, 9.17) is 0 Å². The lowest BCUT2D eigenvalue weighted by Gasteiger charge is -2.41. The van der Waals surface area contributed by atoms with E-state index in [1.807, 2.05) is 11.8 Å². The van der Waals surface area contributed by atoms with Gasteiger partial charge in [0, 0.05) is 24.5 Å². The SMILES string of the molecule is C[Si](C)(C)CCSc1ccc(C#CC23c4c5c6c7c8c9c(c%10c%11c2c2c4c4c%12c5c5c6c6c8c8c%13c9c9c%10c%10c%11c%11c2c2c4c4c%12c%12c5c5c6c8c6c8c%13c9c9c%10c%10c%11c2c2c4c4c%12c5c6c5c8c9c%10c2c45)C73)cc1. The van der Waals surface area contributed by atoms with Crippen molar-refractivity contribution in [2.45, 2.75) is 41.9 Å². The van der Waals surface area contributed by atoms with Gasteiger partial charge in [-0.05, 0) is 349 Å². The number of hydrogen-bond acceptors (Lipinski definition) is 1. The molecule has 29 aromatic carbocycles. The normalized spacial score (nSPS) is 20.2. The van der Waals surface area contributed by atoms with Crippen molar-refractivity contribution in [1.82, 2.24) is 0 Å². The van der Waals surface area contributed by atoms with E-state index in [9.17, 15) is 0 Å². The largest absolute Gasteiger partial charge is 0.126 e. The molecule has 0 aromatic heterocycles. The molecule has 33 rings (SSSR count). The molecule has 0 heterocycles. The highest BCUT2D eigenvalue weighted by atomic mass is 32.2. The molecule has 320 valence electrons. The highest BCUT2D eigenvalue weighted by Gasteiger charge is 2.63. The molecular weight excluding hydrogens is 937 g/mol. The van der Waals surface area contributed by atoms with E-state index in [0.29, 0.717) is 0 Å². The lowest BCUT2D eigenvalue weighted by Crippen LogP contribution is -2.36. The molecule has 0 fully saturated rings. The maximum Gasteiger partial charge on any atom is 0.0950 e. The van der Waals surface area contributed by atoms with Crippen molar-refractivity contribution in [3.05, 3.63) is 52.1 Å². The Balaban J connectivity index is 1.01. The summed E-state index contributed by atoms with van der Waals surface area (Å²) >= 11 is 2.04. The first-order chi connectivity index (χ1) is 37.0. The van der Waals surface area contributed by atoms with Gasteiger partial charge in [-0.3, -0.25) is 0 Å². The van der Waals surface area contributed by atoms with Crippen molar-refractivity contribution < 1.29 is 0 Å². The third-order valence-corrected chi connectivity index (χ3v) is 28.6. The van der Waals surface area contributed by atoms with Gasteiger partial charge >= 0.3 is 0 Å². The molecule has 0 nitrogen and oxygen atoms in total. The summed E-state index contributed by atoms with van der Waals surface area (Å²) in [5.41, 5.74) is 7.29. The standard InChI is InChI=1S/C73H18SSi/c1-75(2,3)11-10-74-13-6-4-12(5-7-13)8-9-73-70-66-60-46-38-30-18-15-14-16-19(18)31-33-29-23(16)25-21-17(14)20-24-22(15)28-32(30)44(46)52-50-36(28)34(24)42-40-26(20)27(21)41-43-35(25)37(29)51-53-45(33)47(39(31)38)61(60)67(70)63(53)65-57(51)55(43)59-49(41)48(40)58-54(42)56(50)64(62(52)66)71(73)68(58)69(59)72(65)73/h4-7,70H,10-11H2,1-3H3. The van der Waals surface area contributed by atoms with Gasteiger partial charge in [-0.2, -0.15) is 0 Å². The van der Waals surface area contributed by atoms with Gasteiger partial charge in [-0.1, -0.05) is 31.5 Å². The first-order valence-corrected chi connectivity index (χ1v) is 32.7. The average molecular weight is 955 g/mol. The van der Waals surface area contributed by atoms with Gasteiger partial charge < -0.3 is 0 Å². The second-order valence-corrected chi connectivity index (χ2v) is 34.8. The van der Waals surface area contributed by atoms with Crippen molar-refractivity contribution in [1.29, 1.82) is 0 Å². The third-order valence-electron chi connectivity index (χ3n) is 25.5. The Bertz CT molecular complexity index is 7380. The van der Waals surface area contributed by atoms with Gasteiger partial charge in [-0.15, -0.1) is 11.8 Å². The predicted molar refractivity (Wildman–Crippen MR) is 327 cm³/mol. The van der Waals surface area contributed by atoms with Crippen LogP contribution in [-0.4, -0.2) is 13.8 Å². The minimum atomic E-state index is -1.11. The van der Waals surface area contributed by atoms with Crippen LogP contribution in [0.25, 0.3) is 291 Å². The predicted octanol–water partition coefficient (Wildman–Crippen LogP) is 20.6. The molecule has 0 spiro atoms. The van der Waals surface area contributed by atoms with E-state index < -0.39 is 13.5 Å². The summed E-state index contributed by atoms with van der Waals surface area (Å²) in [6.45, 7) is 7.51. The number of hydrogen-bond donors (Lipinski definition) is 0. The highest BCUT2D eigenvalue weighted by Crippen LogP contribution is 2.83. The molecule has 2 heteroatoms.